The van der Waals surface area contributed by atoms with Crippen LogP contribution in [0.4, 0.5) is 5.69 Å². The van der Waals surface area contributed by atoms with Gasteiger partial charge in [-0.3, -0.25) is 4.79 Å². The van der Waals surface area contributed by atoms with Crippen molar-refractivity contribution in [3.63, 3.8) is 0 Å². The molecule has 1 aliphatic heterocycles. The van der Waals surface area contributed by atoms with Crippen molar-refractivity contribution in [2.45, 2.75) is 13.8 Å². The number of hydrogen-bond acceptors (Lipinski definition) is 2. The van der Waals surface area contributed by atoms with Crippen molar-refractivity contribution in [1.82, 2.24) is 4.90 Å². The van der Waals surface area contributed by atoms with Crippen LogP contribution in [-0.2, 0) is 0 Å². The van der Waals surface area contributed by atoms with Gasteiger partial charge in [-0.25, -0.2) is 0 Å². The van der Waals surface area contributed by atoms with Crippen molar-refractivity contribution < 1.29 is 4.79 Å². The summed E-state index contributed by atoms with van der Waals surface area (Å²) in [5.41, 5.74) is 4.45. The van der Waals surface area contributed by atoms with E-state index in [1.54, 1.807) is 0 Å². The van der Waals surface area contributed by atoms with Crippen molar-refractivity contribution in [2.75, 3.05) is 31.1 Å². The third-order valence-corrected chi connectivity index (χ3v) is 4.20. The number of aryl methyl sites for hydroxylation is 2. The fourth-order valence-corrected chi connectivity index (χ4v) is 2.95. The Bertz CT molecular complexity index is 673. The maximum absolute atomic E-state index is 12.6. The Labute approximate surface area is 132 Å². The van der Waals surface area contributed by atoms with E-state index in [4.69, 9.17) is 0 Å². The Morgan fingerprint density at radius 3 is 2.14 bits per heavy atom. The van der Waals surface area contributed by atoms with Crippen LogP contribution in [0.25, 0.3) is 0 Å². The van der Waals surface area contributed by atoms with Crippen LogP contribution < -0.4 is 4.90 Å². The molecule has 0 unspecified atom stereocenters. The molecule has 0 atom stereocenters. The Morgan fingerprint density at radius 2 is 1.50 bits per heavy atom. The van der Waals surface area contributed by atoms with Gasteiger partial charge in [0.25, 0.3) is 5.91 Å². The Morgan fingerprint density at radius 1 is 0.864 bits per heavy atom. The van der Waals surface area contributed by atoms with Gasteiger partial charge >= 0.3 is 0 Å². The number of benzene rings is 2. The lowest BCUT2D eigenvalue weighted by atomic mass is 10.1. The zero-order valence-electron chi connectivity index (χ0n) is 13.2. The molecule has 0 bridgehead atoms. The summed E-state index contributed by atoms with van der Waals surface area (Å²) in [6.45, 7) is 7.47. The van der Waals surface area contributed by atoms with E-state index in [-0.39, 0.29) is 5.91 Å². The summed E-state index contributed by atoms with van der Waals surface area (Å²) in [5, 5.41) is 0. The molecule has 114 valence electrons. The van der Waals surface area contributed by atoms with Gasteiger partial charge in [-0.1, -0.05) is 29.8 Å². The van der Waals surface area contributed by atoms with E-state index in [1.165, 1.54) is 11.3 Å². The lowest BCUT2D eigenvalue weighted by molar-refractivity contribution is 0.0746. The minimum atomic E-state index is 0.146. The second-order valence-corrected chi connectivity index (χ2v) is 5.99. The predicted molar refractivity (Wildman–Crippen MR) is 90.5 cm³/mol. The lowest BCUT2D eigenvalue weighted by Crippen LogP contribution is -2.48. The lowest BCUT2D eigenvalue weighted by Gasteiger charge is -2.36. The van der Waals surface area contributed by atoms with Crippen molar-refractivity contribution in [1.29, 1.82) is 0 Å². The first-order valence-corrected chi connectivity index (χ1v) is 7.81. The summed E-state index contributed by atoms with van der Waals surface area (Å²) in [5.74, 6) is 0.146. The summed E-state index contributed by atoms with van der Waals surface area (Å²) >= 11 is 0. The van der Waals surface area contributed by atoms with Gasteiger partial charge in [-0.15, -0.1) is 0 Å². The molecule has 2 aromatic rings. The number of piperazine rings is 1. The zero-order chi connectivity index (χ0) is 15.5. The Hall–Kier alpha value is -2.29. The Balaban J connectivity index is 1.65. The van der Waals surface area contributed by atoms with Crippen LogP contribution >= 0.6 is 0 Å². The molecule has 0 aromatic heterocycles. The molecule has 1 aliphatic rings. The zero-order valence-corrected chi connectivity index (χ0v) is 13.2. The van der Waals surface area contributed by atoms with Crippen molar-refractivity contribution >= 4 is 11.6 Å². The summed E-state index contributed by atoms with van der Waals surface area (Å²) in [6.07, 6.45) is 0. The largest absolute Gasteiger partial charge is 0.368 e. The van der Waals surface area contributed by atoms with Crippen LogP contribution in [0.2, 0.25) is 0 Å². The average molecular weight is 294 g/mol. The molecule has 1 fully saturated rings. The highest BCUT2D eigenvalue weighted by atomic mass is 16.2. The predicted octanol–water partition coefficient (Wildman–Crippen LogP) is 3.27. The smallest absolute Gasteiger partial charge is 0.253 e. The first-order chi connectivity index (χ1) is 10.6. The monoisotopic (exact) mass is 294 g/mol. The van der Waals surface area contributed by atoms with Gasteiger partial charge in [-0.05, 0) is 43.7 Å². The van der Waals surface area contributed by atoms with Crippen molar-refractivity contribution in [2.24, 2.45) is 0 Å². The van der Waals surface area contributed by atoms with Crippen LogP contribution in [0.3, 0.4) is 0 Å². The second kappa shape index (κ2) is 6.22. The van der Waals surface area contributed by atoms with Crippen LogP contribution in [0.15, 0.2) is 48.5 Å². The number of carbonyl (C=O) groups is 1. The van der Waals surface area contributed by atoms with Gasteiger partial charge in [0.05, 0.1) is 0 Å². The molecule has 1 saturated heterocycles. The first-order valence-electron chi connectivity index (χ1n) is 7.81. The normalized spacial score (nSPS) is 15.0. The molecule has 0 radical (unpaired) electrons. The van der Waals surface area contributed by atoms with Crippen LogP contribution in [-0.4, -0.2) is 37.0 Å². The standard InChI is InChI=1S/C19H22N2O/c1-15-5-3-7-17(13-15)19(22)21-11-9-20(10-12-21)18-8-4-6-16(2)14-18/h3-8,13-14H,9-12H2,1-2H3. The molecular formula is C19H22N2O. The second-order valence-electron chi connectivity index (χ2n) is 5.99. The van der Waals surface area contributed by atoms with Crippen LogP contribution in [0.5, 0.6) is 0 Å². The molecule has 2 aromatic carbocycles. The quantitative estimate of drug-likeness (QED) is 0.848. The Kier molecular flexibility index (Phi) is 4.14. The van der Waals surface area contributed by atoms with Crippen molar-refractivity contribution in [3.05, 3.63) is 65.2 Å². The van der Waals surface area contributed by atoms with Crippen LogP contribution in [0.1, 0.15) is 21.5 Å². The van der Waals surface area contributed by atoms with E-state index in [1.807, 2.05) is 36.1 Å². The van der Waals surface area contributed by atoms with Gasteiger partial charge < -0.3 is 9.80 Å². The molecule has 3 nitrogen and oxygen atoms in total. The molecule has 0 aliphatic carbocycles. The maximum atomic E-state index is 12.6. The number of carbonyl (C=O) groups excluding carboxylic acids is 1. The fraction of sp³-hybridized carbons (Fsp3) is 0.316. The van der Waals surface area contributed by atoms with E-state index in [2.05, 4.69) is 36.1 Å². The van der Waals surface area contributed by atoms with Crippen LogP contribution in [0, 0.1) is 13.8 Å². The van der Waals surface area contributed by atoms with E-state index >= 15 is 0 Å². The SMILES string of the molecule is Cc1cccc(C(=O)N2CCN(c3cccc(C)c3)CC2)c1. The molecule has 3 rings (SSSR count). The molecule has 0 spiro atoms. The highest BCUT2D eigenvalue weighted by molar-refractivity contribution is 5.94. The number of amides is 1. The average Bonchev–Trinajstić information content (AvgIpc) is 2.54. The summed E-state index contributed by atoms with van der Waals surface area (Å²) < 4.78 is 0. The number of anilines is 1. The van der Waals surface area contributed by atoms with E-state index in [0.29, 0.717) is 0 Å². The third-order valence-electron chi connectivity index (χ3n) is 4.20. The number of nitrogens with zero attached hydrogens (tertiary/aromatic N) is 2. The van der Waals surface area contributed by atoms with Gasteiger partial charge in [-0.2, -0.15) is 0 Å². The third kappa shape index (κ3) is 3.14. The maximum Gasteiger partial charge on any atom is 0.253 e. The summed E-state index contributed by atoms with van der Waals surface area (Å²) in [4.78, 5) is 16.9. The minimum Gasteiger partial charge on any atom is -0.368 e. The highest BCUT2D eigenvalue weighted by Crippen LogP contribution is 2.18. The van der Waals surface area contributed by atoms with Crippen molar-refractivity contribution in [3.8, 4) is 0 Å². The molecule has 0 saturated carbocycles. The van der Waals surface area contributed by atoms with Gasteiger partial charge in [0.15, 0.2) is 0 Å². The van der Waals surface area contributed by atoms with Gasteiger partial charge in [0.2, 0.25) is 0 Å². The molecule has 3 heteroatoms. The molecule has 0 N–H and O–H groups in total. The molecule has 1 amide bonds. The fourth-order valence-electron chi connectivity index (χ4n) is 2.95. The summed E-state index contributed by atoms with van der Waals surface area (Å²) in [6, 6.07) is 16.4. The molecular weight excluding hydrogens is 272 g/mol. The molecule has 1 heterocycles. The summed E-state index contributed by atoms with van der Waals surface area (Å²) in [7, 11) is 0. The first kappa shape index (κ1) is 14.6. The highest BCUT2D eigenvalue weighted by Gasteiger charge is 2.22. The van der Waals surface area contributed by atoms with E-state index in [9.17, 15) is 4.79 Å². The number of rotatable bonds is 2. The molecule has 22 heavy (non-hydrogen) atoms. The van der Waals surface area contributed by atoms with E-state index < -0.39 is 0 Å². The topological polar surface area (TPSA) is 23.6 Å². The van der Waals surface area contributed by atoms with Gasteiger partial charge in [0.1, 0.15) is 0 Å². The number of hydrogen-bond donors (Lipinski definition) is 0. The minimum absolute atomic E-state index is 0.146. The van der Waals surface area contributed by atoms with E-state index in [0.717, 1.165) is 37.3 Å². The van der Waals surface area contributed by atoms with Gasteiger partial charge in [0, 0.05) is 37.4 Å².